The van der Waals surface area contributed by atoms with Crippen molar-refractivity contribution in [2.75, 3.05) is 19.7 Å². The summed E-state index contributed by atoms with van der Waals surface area (Å²) in [4.78, 5) is 14.4. The highest BCUT2D eigenvalue weighted by Gasteiger charge is 2.30. The lowest BCUT2D eigenvalue weighted by atomic mass is 10.1. The maximum Gasteiger partial charge on any atom is 0.246 e. The Hall–Kier alpha value is -2.39. The number of hydrogen-bond donors (Lipinski definition) is 1. The Kier molecular flexibility index (Phi) is 7.14. The van der Waals surface area contributed by atoms with Gasteiger partial charge in [0.1, 0.15) is 16.3 Å². The van der Waals surface area contributed by atoms with Crippen molar-refractivity contribution in [3.63, 3.8) is 0 Å². The van der Waals surface area contributed by atoms with Crippen molar-refractivity contribution in [2.45, 2.75) is 57.4 Å². The number of carbonyl (C=O) groups excluding carboxylic acids is 1. The summed E-state index contributed by atoms with van der Waals surface area (Å²) in [6, 6.07) is 7.59. The molecule has 1 N–H and O–H groups in total. The van der Waals surface area contributed by atoms with Crippen LogP contribution in [0.4, 0.5) is 0 Å². The second kappa shape index (κ2) is 9.61. The maximum atomic E-state index is 12.6. The second-order valence-corrected chi connectivity index (χ2v) is 9.30. The van der Waals surface area contributed by atoms with Gasteiger partial charge in [-0.15, -0.1) is 0 Å². The lowest BCUT2D eigenvalue weighted by molar-refractivity contribution is -0.132. The van der Waals surface area contributed by atoms with Crippen molar-refractivity contribution < 1.29 is 22.5 Å². The standard InChI is InChI=1S/C21H29N3O5S/c1-15-7-4-5-8-19(15)28-14-6-9-20(25)24-12-10-18(11-13-24)23-30(26,27)21-16(2)22-29-17(21)3/h4-5,7-8,18,23H,6,9-14H2,1-3H3. The number of benzene rings is 1. The fraction of sp³-hybridized carbons (Fsp3) is 0.524. The summed E-state index contributed by atoms with van der Waals surface area (Å²) in [7, 11) is -3.69. The van der Waals surface area contributed by atoms with Gasteiger partial charge in [-0.3, -0.25) is 4.79 Å². The lowest BCUT2D eigenvalue weighted by Crippen LogP contribution is -2.46. The van der Waals surface area contributed by atoms with Crippen LogP contribution in [0.15, 0.2) is 33.7 Å². The number of nitrogens with one attached hydrogen (secondary N) is 1. The molecule has 1 aliphatic heterocycles. The summed E-state index contributed by atoms with van der Waals surface area (Å²) in [6.07, 6.45) is 2.22. The molecule has 1 saturated heterocycles. The average Bonchev–Trinajstić information content (AvgIpc) is 3.05. The maximum absolute atomic E-state index is 12.6. The van der Waals surface area contributed by atoms with Crippen molar-refractivity contribution >= 4 is 15.9 Å². The third-order valence-electron chi connectivity index (χ3n) is 5.29. The topological polar surface area (TPSA) is 102 Å². The molecule has 0 unspecified atom stereocenters. The third kappa shape index (κ3) is 5.40. The first-order valence-corrected chi connectivity index (χ1v) is 11.7. The summed E-state index contributed by atoms with van der Waals surface area (Å²) >= 11 is 0. The van der Waals surface area contributed by atoms with E-state index in [0.29, 0.717) is 51.1 Å². The predicted octanol–water partition coefficient (Wildman–Crippen LogP) is 2.73. The number of aromatic nitrogens is 1. The van der Waals surface area contributed by atoms with Crippen LogP contribution in [0.2, 0.25) is 0 Å². The van der Waals surface area contributed by atoms with Gasteiger partial charge < -0.3 is 14.2 Å². The first-order chi connectivity index (χ1) is 14.3. The molecule has 2 heterocycles. The minimum atomic E-state index is -3.69. The van der Waals surface area contributed by atoms with E-state index in [9.17, 15) is 13.2 Å². The SMILES string of the molecule is Cc1ccccc1OCCCC(=O)N1CCC(NS(=O)(=O)c2c(C)noc2C)CC1. The van der Waals surface area contributed by atoms with E-state index >= 15 is 0 Å². The van der Waals surface area contributed by atoms with E-state index in [1.165, 1.54) is 0 Å². The molecule has 8 nitrogen and oxygen atoms in total. The van der Waals surface area contributed by atoms with Crippen molar-refractivity contribution in [2.24, 2.45) is 0 Å². The van der Waals surface area contributed by atoms with E-state index in [2.05, 4.69) is 9.88 Å². The number of hydrogen-bond acceptors (Lipinski definition) is 6. The highest BCUT2D eigenvalue weighted by Crippen LogP contribution is 2.21. The van der Waals surface area contributed by atoms with Crippen molar-refractivity contribution in [3.05, 3.63) is 41.3 Å². The Morgan fingerprint density at radius 2 is 1.93 bits per heavy atom. The van der Waals surface area contributed by atoms with Crippen LogP contribution >= 0.6 is 0 Å². The van der Waals surface area contributed by atoms with Gasteiger partial charge in [0.05, 0.1) is 6.61 Å². The fourth-order valence-corrected chi connectivity index (χ4v) is 5.30. The monoisotopic (exact) mass is 435 g/mol. The normalized spacial score (nSPS) is 15.4. The van der Waals surface area contributed by atoms with Crippen LogP contribution in [0.1, 0.15) is 42.7 Å². The van der Waals surface area contributed by atoms with Gasteiger partial charge in [-0.1, -0.05) is 23.4 Å². The highest BCUT2D eigenvalue weighted by atomic mass is 32.2. The average molecular weight is 436 g/mol. The van der Waals surface area contributed by atoms with Crippen LogP contribution in [0.3, 0.4) is 0 Å². The zero-order valence-corrected chi connectivity index (χ0v) is 18.5. The second-order valence-electron chi connectivity index (χ2n) is 7.65. The minimum Gasteiger partial charge on any atom is -0.493 e. The van der Waals surface area contributed by atoms with E-state index in [0.717, 1.165) is 11.3 Å². The third-order valence-corrected chi connectivity index (χ3v) is 7.06. The molecular weight excluding hydrogens is 406 g/mol. The van der Waals surface area contributed by atoms with Gasteiger partial charge in [-0.2, -0.15) is 0 Å². The Labute approximate surface area is 177 Å². The fourth-order valence-electron chi connectivity index (χ4n) is 3.67. The van der Waals surface area contributed by atoms with Crippen LogP contribution in [-0.4, -0.2) is 50.1 Å². The first kappa shape index (κ1) is 22.3. The number of nitrogens with zero attached hydrogens (tertiary/aromatic N) is 2. The summed E-state index contributed by atoms with van der Waals surface area (Å²) in [5, 5.41) is 3.71. The number of ether oxygens (including phenoxy) is 1. The molecule has 9 heteroatoms. The van der Waals surface area contributed by atoms with Crippen LogP contribution in [-0.2, 0) is 14.8 Å². The van der Waals surface area contributed by atoms with E-state index < -0.39 is 10.0 Å². The van der Waals surface area contributed by atoms with Gasteiger partial charge in [0, 0.05) is 25.6 Å². The molecule has 1 aromatic heterocycles. The predicted molar refractivity (Wildman–Crippen MR) is 112 cm³/mol. The smallest absolute Gasteiger partial charge is 0.246 e. The van der Waals surface area contributed by atoms with E-state index in [1.54, 1.807) is 18.7 Å². The molecule has 0 saturated carbocycles. The van der Waals surface area contributed by atoms with E-state index in [1.807, 2.05) is 31.2 Å². The molecule has 164 valence electrons. The number of sulfonamides is 1. The molecule has 1 aliphatic rings. The minimum absolute atomic E-state index is 0.0791. The number of carbonyl (C=O) groups is 1. The van der Waals surface area contributed by atoms with Gasteiger partial charge >= 0.3 is 0 Å². The summed E-state index contributed by atoms with van der Waals surface area (Å²) < 4.78 is 38.7. The molecule has 0 spiro atoms. The molecule has 0 atom stereocenters. The number of likely N-dealkylation sites (tertiary alicyclic amines) is 1. The zero-order chi connectivity index (χ0) is 21.7. The van der Waals surface area contributed by atoms with Crippen LogP contribution in [0.25, 0.3) is 0 Å². The van der Waals surface area contributed by atoms with Gasteiger partial charge in [-0.25, -0.2) is 13.1 Å². The van der Waals surface area contributed by atoms with Gasteiger partial charge in [0.2, 0.25) is 15.9 Å². The van der Waals surface area contributed by atoms with Gasteiger partial charge in [0.15, 0.2) is 5.76 Å². The number of para-hydroxylation sites is 1. The largest absolute Gasteiger partial charge is 0.493 e. The van der Waals surface area contributed by atoms with Crippen molar-refractivity contribution in [1.82, 2.24) is 14.8 Å². The summed E-state index contributed by atoms with van der Waals surface area (Å²) in [5.74, 6) is 1.20. The van der Waals surface area contributed by atoms with Gasteiger partial charge in [0.25, 0.3) is 0 Å². The van der Waals surface area contributed by atoms with Gasteiger partial charge in [-0.05, 0) is 51.7 Å². The lowest BCUT2D eigenvalue weighted by Gasteiger charge is -2.32. The quantitative estimate of drug-likeness (QED) is 0.640. The first-order valence-electron chi connectivity index (χ1n) is 10.2. The molecule has 1 aromatic carbocycles. The van der Waals surface area contributed by atoms with E-state index in [4.69, 9.17) is 9.26 Å². The number of aryl methyl sites for hydroxylation is 3. The molecule has 1 amide bonds. The van der Waals surface area contributed by atoms with Crippen molar-refractivity contribution in [1.29, 1.82) is 0 Å². The number of piperidine rings is 1. The highest BCUT2D eigenvalue weighted by molar-refractivity contribution is 7.89. The molecular formula is C21H29N3O5S. The summed E-state index contributed by atoms with van der Waals surface area (Å²) in [5.41, 5.74) is 1.42. The molecule has 1 fully saturated rings. The van der Waals surface area contributed by atoms with E-state index in [-0.39, 0.29) is 22.6 Å². The molecule has 0 aliphatic carbocycles. The van der Waals surface area contributed by atoms with Crippen LogP contribution in [0.5, 0.6) is 5.75 Å². The molecule has 3 rings (SSSR count). The van der Waals surface area contributed by atoms with Crippen LogP contribution in [0, 0.1) is 20.8 Å². The van der Waals surface area contributed by atoms with Crippen molar-refractivity contribution in [3.8, 4) is 5.75 Å². The number of amides is 1. The molecule has 30 heavy (non-hydrogen) atoms. The number of rotatable bonds is 8. The Bertz CT molecular complexity index is 959. The molecule has 0 bridgehead atoms. The molecule has 0 radical (unpaired) electrons. The zero-order valence-electron chi connectivity index (χ0n) is 17.7. The molecule has 2 aromatic rings. The Morgan fingerprint density at radius 1 is 1.23 bits per heavy atom. The summed E-state index contributed by atoms with van der Waals surface area (Å²) in [6.45, 7) is 6.74. The Balaban J connectivity index is 1.41. The van der Waals surface area contributed by atoms with Crippen LogP contribution < -0.4 is 9.46 Å². The Morgan fingerprint density at radius 3 is 2.57 bits per heavy atom.